The molecular weight excluding hydrogens is 172 g/mol. The molecule has 0 radical (unpaired) electrons. The van der Waals surface area contributed by atoms with Crippen LogP contribution in [-0.4, -0.2) is 23.7 Å². The Labute approximate surface area is 76.8 Å². The first kappa shape index (κ1) is 11.5. The number of carboxylic acid groups (broad SMARTS) is 1. The Kier molecular flexibility index (Phi) is 6.31. The third kappa shape index (κ3) is 8.39. The standard InChI is InChI=1S/C8H14N2O3/c1-2-3-5-9-8(13)10-6-4-7(11)12/h3,5H,2,4,6H2,1H3,(H,11,12)(H2,9,10,13)/b5-3+. The molecule has 0 heterocycles. The minimum absolute atomic E-state index is 0.0646. The van der Waals surface area contributed by atoms with Crippen LogP contribution in [0.5, 0.6) is 0 Å². The second kappa shape index (κ2) is 7.15. The molecule has 0 saturated carbocycles. The average molecular weight is 186 g/mol. The van der Waals surface area contributed by atoms with Gasteiger partial charge in [0, 0.05) is 12.7 Å². The molecule has 0 rings (SSSR count). The minimum Gasteiger partial charge on any atom is -0.481 e. The molecule has 0 bridgehead atoms. The Morgan fingerprint density at radius 2 is 2.15 bits per heavy atom. The summed E-state index contributed by atoms with van der Waals surface area (Å²) in [4.78, 5) is 20.9. The van der Waals surface area contributed by atoms with E-state index in [1.807, 2.05) is 6.92 Å². The van der Waals surface area contributed by atoms with E-state index < -0.39 is 5.97 Å². The summed E-state index contributed by atoms with van der Waals surface area (Å²) < 4.78 is 0. The van der Waals surface area contributed by atoms with Crippen LogP contribution in [0.3, 0.4) is 0 Å². The lowest BCUT2D eigenvalue weighted by Gasteiger charge is -2.01. The van der Waals surface area contributed by atoms with Gasteiger partial charge in [0.15, 0.2) is 0 Å². The number of aliphatic carboxylic acids is 1. The summed E-state index contributed by atoms with van der Waals surface area (Å²) in [6.07, 6.45) is 4.09. The first-order chi connectivity index (χ1) is 6.16. The lowest BCUT2D eigenvalue weighted by molar-refractivity contribution is -0.136. The highest BCUT2D eigenvalue weighted by atomic mass is 16.4. The monoisotopic (exact) mass is 186 g/mol. The molecule has 0 aromatic carbocycles. The second-order valence-corrected chi connectivity index (χ2v) is 2.35. The summed E-state index contributed by atoms with van der Waals surface area (Å²) in [7, 11) is 0. The number of amides is 2. The molecule has 0 aliphatic carbocycles. The minimum atomic E-state index is -0.926. The predicted molar refractivity (Wildman–Crippen MR) is 48.2 cm³/mol. The van der Waals surface area contributed by atoms with Crippen molar-refractivity contribution in [3.8, 4) is 0 Å². The Morgan fingerprint density at radius 3 is 2.69 bits per heavy atom. The van der Waals surface area contributed by atoms with Crippen LogP contribution in [0.25, 0.3) is 0 Å². The second-order valence-electron chi connectivity index (χ2n) is 2.35. The van der Waals surface area contributed by atoms with Gasteiger partial charge in [0.2, 0.25) is 0 Å². The lowest BCUT2D eigenvalue weighted by Crippen LogP contribution is -2.33. The Morgan fingerprint density at radius 1 is 1.46 bits per heavy atom. The maximum Gasteiger partial charge on any atom is 0.318 e. The summed E-state index contributed by atoms with van der Waals surface area (Å²) in [5.41, 5.74) is 0. The van der Waals surface area contributed by atoms with Crippen molar-refractivity contribution in [2.75, 3.05) is 6.54 Å². The number of nitrogens with one attached hydrogen (secondary N) is 2. The summed E-state index contributed by atoms with van der Waals surface area (Å²) in [5, 5.41) is 13.1. The van der Waals surface area contributed by atoms with E-state index in [-0.39, 0.29) is 19.0 Å². The number of urea groups is 1. The van der Waals surface area contributed by atoms with E-state index >= 15 is 0 Å². The molecule has 0 unspecified atom stereocenters. The molecule has 0 fully saturated rings. The van der Waals surface area contributed by atoms with Crippen LogP contribution < -0.4 is 10.6 Å². The van der Waals surface area contributed by atoms with Crippen LogP contribution in [-0.2, 0) is 4.79 Å². The molecule has 0 spiro atoms. The van der Waals surface area contributed by atoms with Crippen molar-refractivity contribution in [3.63, 3.8) is 0 Å². The molecule has 74 valence electrons. The van der Waals surface area contributed by atoms with E-state index in [9.17, 15) is 9.59 Å². The number of carbonyl (C=O) groups is 2. The van der Waals surface area contributed by atoms with E-state index in [2.05, 4.69) is 10.6 Å². The number of carboxylic acids is 1. The molecule has 3 N–H and O–H groups in total. The number of allylic oxidation sites excluding steroid dienone is 1. The lowest BCUT2D eigenvalue weighted by atomic mass is 10.4. The third-order valence-electron chi connectivity index (χ3n) is 1.19. The highest BCUT2D eigenvalue weighted by molar-refractivity contribution is 5.75. The van der Waals surface area contributed by atoms with E-state index in [4.69, 9.17) is 5.11 Å². The van der Waals surface area contributed by atoms with Crippen molar-refractivity contribution in [3.05, 3.63) is 12.3 Å². The maximum atomic E-state index is 10.8. The van der Waals surface area contributed by atoms with E-state index in [1.54, 1.807) is 6.08 Å². The normalized spacial score (nSPS) is 9.92. The van der Waals surface area contributed by atoms with Crippen molar-refractivity contribution in [1.29, 1.82) is 0 Å². The Bertz CT molecular complexity index is 202. The van der Waals surface area contributed by atoms with Gasteiger partial charge in [-0.05, 0) is 6.42 Å². The van der Waals surface area contributed by atoms with Gasteiger partial charge in [-0.2, -0.15) is 0 Å². The molecule has 0 atom stereocenters. The Hall–Kier alpha value is -1.52. The molecule has 0 aliphatic heterocycles. The van der Waals surface area contributed by atoms with Gasteiger partial charge in [0.1, 0.15) is 0 Å². The van der Waals surface area contributed by atoms with Crippen molar-refractivity contribution in [2.45, 2.75) is 19.8 Å². The number of rotatable bonds is 5. The number of hydrogen-bond donors (Lipinski definition) is 3. The van der Waals surface area contributed by atoms with Gasteiger partial charge < -0.3 is 15.7 Å². The fourth-order valence-corrected chi connectivity index (χ4v) is 0.586. The average Bonchev–Trinajstić information content (AvgIpc) is 2.04. The zero-order chi connectivity index (χ0) is 10.1. The highest BCUT2D eigenvalue weighted by Crippen LogP contribution is 1.77. The first-order valence-corrected chi connectivity index (χ1v) is 4.08. The summed E-state index contributed by atoms with van der Waals surface area (Å²) in [6.45, 7) is 2.08. The fraction of sp³-hybridized carbons (Fsp3) is 0.500. The maximum absolute atomic E-state index is 10.8. The topological polar surface area (TPSA) is 78.4 Å². The molecule has 5 nitrogen and oxygen atoms in total. The van der Waals surface area contributed by atoms with Gasteiger partial charge in [-0.15, -0.1) is 0 Å². The van der Waals surface area contributed by atoms with Gasteiger partial charge in [-0.3, -0.25) is 4.79 Å². The summed E-state index contributed by atoms with van der Waals surface area (Å²) in [5.74, 6) is -0.926. The first-order valence-electron chi connectivity index (χ1n) is 4.08. The van der Waals surface area contributed by atoms with Crippen molar-refractivity contribution >= 4 is 12.0 Å². The van der Waals surface area contributed by atoms with E-state index in [1.165, 1.54) is 6.20 Å². The summed E-state index contributed by atoms with van der Waals surface area (Å²) >= 11 is 0. The number of carbonyl (C=O) groups excluding carboxylic acids is 1. The van der Waals surface area contributed by atoms with Crippen molar-refractivity contribution in [2.24, 2.45) is 0 Å². The van der Waals surface area contributed by atoms with Crippen LogP contribution in [0.15, 0.2) is 12.3 Å². The van der Waals surface area contributed by atoms with Crippen LogP contribution in [0.2, 0.25) is 0 Å². The largest absolute Gasteiger partial charge is 0.481 e. The van der Waals surface area contributed by atoms with Gasteiger partial charge in [-0.1, -0.05) is 13.0 Å². The SMILES string of the molecule is CC/C=C/NC(=O)NCCC(=O)O. The molecule has 0 saturated heterocycles. The van der Waals surface area contributed by atoms with Crippen molar-refractivity contribution in [1.82, 2.24) is 10.6 Å². The van der Waals surface area contributed by atoms with Crippen LogP contribution in [0, 0.1) is 0 Å². The van der Waals surface area contributed by atoms with Crippen LogP contribution >= 0.6 is 0 Å². The van der Waals surface area contributed by atoms with Gasteiger partial charge >= 0.3 is 12.0 Å². The van der Waals surface area contributed by atoms with Gasteiger partial charge in [0.25, 0.3) is 0 Å². The summed E-state index contributed by atoms with van der Waals surface area (Å²) in [6, 6.07) is -0.383. The molecule has 0 aliphatic rings. The Balaban J connectivity index is 3.41. The smallest absolute Gasteiger partial charge is 0.318 e. The third-order valence-corrected chi connectivity index (χ3v) is 1.19. The quantitative estimate of drug-likeness (QED) is 0.591. The molecule has 13 heavy (non-hydrogen) atoms. The zero-order valence-corrected chi connectivity index (χ0v) is 7.54. The number of hydrogen-bond acceptors (Lipinski definition) is 2. The predicted octanol–water partition coefficient (Wildman–Crippen LogP) is 0.684. The van der Waals surface area contributed by atoms with E-state index in [0.29, 0.717) is 0 Å². The molecule has 2 amide bonds. The van der Waals surface area contributed by atoms with Gasteiger partial charge in [-0.25, -0.2) is 4.79 Å². The van der Waals surface area contributed by atoms with Gasteiger partial charge in [0.05, 0.1) is 6.42 Å². The van der Waals surface area contributed by atoms with E-state index in [0.717, 1.165) is 6.42 Å². The molecular formula is C8H14N2O3. The molecule has 0 aromatic rings. The molecule has 0 aromatic heterocycles. The fourth-order valence-electron chi connectivity index (χ4n) is 0.586. The van der Waals surface area contributed by atoms with Crippen molar-refractivity contribution < 1.29 is 14.7 Å². The zero-order valence-electron chi connectivity index (χ0n) is 7.54. The van der Waals surface area contributed by atoms with Crippen LogP contribution in [0.4, 0.5) is 4.79 Å². The highest BCUT2D eigenvalue weighted by Gasteiger charge is 1.98. The van der Waals surface area contributed by atoms with Crippen LogP contribution in [0.1, 0.15) is 19.8 Å². The molecule has 5 heteroatoms.